The van der Waals surface area contributed by atoms with Gasteiger partial charge in [-0.3, -0.25) is 4.79 Å². The molecular formula is C18H22ClFN2O3. The van der Waals surface area contributed by atoms with E-state index in [1.807, 2.05) is 11.9 Å². The molecule has 0 spiro atoms. The van der Waals surface area contributed by atoms with E-state index in [4.69, 9.17) is 9.15 Å². The zero-order valence-electron chi connectivity index (χ0n) is 14.0. The van der Waals surface area contributed by atoms with Crippen LogP contribution in [0, 0.1) is 5.82 Å². The van der Waals surface area contributed by atoms with Gasteiger partial charge in [0.15, 0.2) is 5.76 Å². The maximum absolute atomic E-state index is 12.9. The van der Waals surface area contributed by atoms with Gasteiger partial charge < -0.3 is 19.4 Å². The molecule has 0 radical (unpaired) electrons. The molecule has 1 aliphatic heterocycles. The summed E-state index contributed by atoms with van der Waals surface area (Å²) in [4.78, 5) is 14.3. The van der Waals surface area contributed by atoms with Crippen molar-refractivity contribution >= 4 is 18.3 Å². The van der Waals surface area contributed by atoms with E-state index in [2.05, 4.69) is 5.32 Å². The number of carbonyl (C=O) groups is 1. The van der Waals surface area contributed by atoms with Crippen LogP contribution in [0.15, 0.2) is 40.8 Å². The molecule has 1 aliphatic rings. The summed E-state index contributed by atoms with van der Waals surface area (Å²) < 4.78 is 24.0. The van der Waals surface area contributed by atoms with Crippen molar-refractivity contribution in [3.05, 3.63) is 53.7 Å². The molecule has 1 aromatic heterocycles. The Morgan fingerprint density at radius 2 is 2.08 bits per heavy atom. The summed E-state index contributed by atoms with van der Waals surface area (Å²) in [5, 5.41) is 3.22. The van der Waals surface area contributed by atoms with E-state index in [1.54, 1.807) is 24.3 Å². The summed E-state index contributed by atoms with van der Waals surface area (Å²) >= 11 is 0. The van der Waals surface area contributed by atoms with Crippen molar-refractivity contribution in [2.24, 2.45) is 0 Å². The van der Waals surface area contributed by atoms with Crippen molar-refractivity contribution in [1.82, 2.24) is 10.2 Å². The minimum Gasteiger partial charge on any atom is -0.486 e. The molecule has 0 saturated carbocycles. The van der Waals surface area contributed by atoms with E-state index in [1.165, 1.54) is 12.1 Å². The molecular weight excluding hydrogens is 347 g/mol. The van der Waals surface area contributed by atoms with E-state index >= 15 is 0 Å². The first kappa shape index (κ1) is 19.3. The van der Waals surface area contributed by atoms with Crippen LogP contribution in [0.5, 0.6) is 5.75 Å². The lowest BCUT2D eigenvalue weighted by molar-refractivity contribution is 0.0662. The zero-order chi connectivity index (χ0) is 16.9. The van der Waals surface area contributed by atoms with E-state index in [0.717, 1.165) is 19.4 Å². The first-order chi connectivity index (χ1) is 11.7. The molecule has 136 valence electrons. The molecule has 1 unspecified atom stereocenters. The maximum Gasteiger partial charge on any atom is 0.289 e. The van der Waals surface area contributed by atoms with Crippen LogP contribution >= 0.6 is 12.4 Å². The minimum absolute atomic E-state index is 0. The van der Waals surface area contributed by atoms with Crippen LogP contribution < -0.4 is 10.1 Å². The van der Waals surface area contributed by atoms with Crippen molar-refractivity contribution in [3.8, 4) is 5.75 Å². The Hall–Kier alpha value is -2.05. The maximum atomic E-state index is 12.9. The van der Waals surface area contributed by atoms with Gasteiger partial charge in [0.05, 0.1) is 0 Å². The number of rotatable bonds is 5. The minimum atomic E-state index is -0.311. The fraction of sp³-hybridized carbons (Fsp3) is 0.389. The fourth-order valence-corrected chi connectivity index (χ4v) is 2.81. The van der Waals surface area contributed by atoms with Crippen LogP contribution in [0.3, 0.4) is 0 Å². The van der Waals surface area contributed by atoms with Gasteiger partial charge >= 0.3 is 0 Å². The zero-order valence-corrected chi connectivity index (χ0v) is 14.9. The summed E-state index contributed by atoms with van der Waals surface area (Å²) in [6.45, 7) is 1.63. The number of piperidine rings is 1. The molecule has 25 heavy (non-hydrogen) atoms. The van der Waals surface area contributed by atoms with E-state index in [0.29, 0.717) is 29.9 Å². The predicted octanol–water partition coefficient (Wildman–Crippen LogP) is 3.24. The quantitative estimate of drug-likeness (QED) is 0.880. The average molecular weight is 369 g/mol. The highest BCUT2D eigenvalue weighted by molar-refractivity contribution is 5.91. The first-order valence-electron chi connectivity index (χ1n) is 8.09. The molecule has 1 saturated heterocycles. The number of ether oxygens (including phenoxy) is 1. The number of hydrogen-bond acceptors (Lipinski definition) is 4. The van der Waals surface area contributed by atoms with Gasteiger partial charge in [-0.15, -0.1) is 12.4 Å². The van der Waals surface area contributed by atoms with Gasteiger partial charge in [0.25, 0.3) is 5.91 Å². The lowest BCUT2D eigenvalue weighted by atomic mass is 10.1. The highest BCUT2D eigenvalue weighted by Gasteiger charge is 2.25. The lowest BCUT2D eigenvalue weighted by Crippen LogP contribution is -2.46. The molecule has 1 N–H and O–H groups in total. The highest BCUT2D eigenvalue weighted by atomic mass is 35.5. The Labute approximate surface area is 152 Å². The summed E-state index contributed by atoms with van der Waals surface area (Å²) in [6, 6.07) is 9.51. The molecule has 1 amide bonds. The Morgan fingerprint density at radius 3 is 2.80 bits per heavy atom. The number of amides is 1. The van der Waals surface area contributed by atoms with Gasteiger partial charge in [-0.1, -0.05) is 0 Å². The van der Waals surface area contributed by atoms with Crippen LogP contribution in [0.4, 0.5) is 4.39 Å². The summed E-state index contributed by atoms with van der Waals surface area (Å²) in [5.41, 5.74) is 0. The molecule has 5 nitrogen and oxygen atoms in total. The number of nitrogens with zero attached hydrogens (tertiary/aromatic N) is 1. The monoisotopic (exact) mass is 368 g/mol. The third-order valence-corrected chi connectivity index (χ3v) is 4.18. The molecule has 1 aromatic carbocycles. The number of hydrogen-bond donors (Lipinski definition) is 1. The van der Waals surface area contributed by atoms with Crippen molar-refractivity contribution in [2.45, 2.75) is 25.5 Å². The highest BCUT2D eigenvalue weighted by Crippen LogP contribution is 2.18. The van der Waals surface area contributed by atoms with Crippen LogP contribution in [0.25, 0.3) is 0 Å². The summed E-state index contributed by atoms with van der Waals surface area (Å²) in [5.74, 6) is 1.03. The van der Waals surface area contributed by atoms with Crippen molar-refractivity contribution < 1.29 is 18.3 Å². The summed E-state index contributed by atoms with van der Waals surface area (Å²) in [7, 11) is 1.91. The third kappa shape index (κ3) is 4.96. The Morgan fingerprint density at radius 1 is 1.32 bits per heavy atom. The van der Waals surface area contributed by atoms with E-state index in [-0.39, 0.29) is 30.7 Å². The predicted molar refractivity (Wildman–Crippen MR) is 94.7 cm³/mol. The van der Waals surface area contributed by atoms with Crippen LogP contribution in [-0.4, -0.2) is 37.0 Å². The molecule has 1 fully saturated rings. The van der Waals surface area contributed by atoms with Crippen molar-refractivity contribution in [3.63, 3.8) is 0 Å². The second-order valence-corrected chi connectivity index (χ2v) is 5.89. The Kier molecular flexibility index (Phi) is 6.84. The van der Waals surface area contributed by atoms with Gasteiger partial charge in [-0.25, -0.2) is 4.39 Å². The number of halogens is 2. The average Bonchev–Trinajstić information content (AvgIpc) is 3.09. The van der Waals surface area contributed by atoms with Crippen molar-refractivity contribution in [1.29, 1.82) is 0 Å². The lowest BCUT2D eigenvalue weighted by Gasteiger charge is -2.31. The van der Waals surface area contributed by atoms with Gasteiger partial charge in [0, 0.05) is 19.1 Å². The molecule has 0 aliphatic carbocycles. The third-order valence-electron chi connectivity index (χ3n) is 4.18. The second kappa shape index (κ2) is 8.87. The van der Waals surface area contributed by atoms with Crippen LogP contribution in [-0.2, 0) is 6.61 Å². The Balaban J connectivity index is 0.00000225. The molecule has 2 aromatic rings. The standard InChI is InChI=1S/C18H21FN2O3.ClH/c1-20-14-3-2-10-21(11-14)18(22)17-9-8-16(24-17)12-23-15-6-4-13(19)5-7-15;/h4-9,14,20H,2-3,10-12H2,1H3;1H. The Bertz CT molecular complexity index is 690. The van der Waals surface area contributed by atoms with Gasteiger partial charge in [0.2, 0.25) is 0 Å². The molecule has 3 rings (SSSR count). The largest absolute Gasteiger partial charge is 0.486 e. The number of likely N-dealkylation sites (tertiary alicyclic amines) is 1. The van der Waals surface area contributed by atoms with Crippen LogP contribution in [0.2, 0.25) is 0 Å². The van der Waals surface area contributed by atoms with Gasteiger partial charge in [0.1, 0.15) is 23.9 Å². The van der Waals surface area contributed by atoms with Crippen molar-refractivity contribution in [2.75, 3.05) is 20.1 Å². The topological polar surface area (TPSA) is 54.7 Å². The number of benzene rings is 1. The first-order valence-corrected chi connectivity index (χ1v) is 8.09. The molecule has 2 heterocycles. The summed E-state index contributed by atoms with van der Waals surface area (Å²) in [6.07, 6.45) is 2.06. The van der Waals surface area contributed by atoms with E-state index in [9.17, 15) is 9.18 Å². The molecule has 1 atom stereocenters. The number of furan rings is 1. The van der Waals surface area contributed by atoms with Gasteiger partial charge in [-0.2, -0.15) is 0 Å². The number of carbonyl (C=O) groups excluding carboxylic acids is 1. The molecule has 7 heteroatoms. The smallest absolute Gasteiger partial charge is 0.289 e. The van der Waals surface area contributed by atoms with E-state index < -0.39 is 0 Å². The number of likely N-dealkylation sites (N-methyl/N-ethyl adjacent to an activating group) is 1. The van der Waals surface area contributed by atoms with Crippen LogP contribution in [0.1, 0.15) is 29.2 Å². The molecule has 0 bridgehead atoms. The SMILES string of the molecule is CNC1CCCN(C(=O)c2ccc(COc3ccc(F)cc3)o2)C1.Cl. The second-order valence-electron chi connectivity index (χ2n) is 5.89. The van der Waals surface area contributed by atoms with Gasteiger partial charge in [-0.05, 0) is 56.3 Å². The number of nitrogens with one attached hydrogen (secondary N) is 1. The fourth-order valence-electron chi connectivity index (χ4n) is 2.81. The normalized spacial score (nSPS) is 17.0.